The number of guanidine groups is 1. The number of aliphatic imine (C=N–C) groups is 1. The molecule has 0 bridgehead atoms. The minimum atomic E-state index is -0.219. The fourth-order valence-electron chi connectivity index (χ4n) is 3.09. The number of nitrogens with zero attached hydrogens (tertiary/aromatic N) is 2. The highest BCUT2D eigenvalue weighted by atomic mass is 127. The van der Waals surface area contributed by atoms with E-state index in [4.69, 9.17) is 4.99 Å². The summed E-state index contributed by atoms with van der Waals surface area (Å²) in [7, 11) is 0. The standard InChI is InChI=1S/C17H24BrN3O.HI/c1-2-19-16(21-9-6-15(22)11-21)20-12-17(7-8-17)13-4-3-5-14(18)10-13;/h3-5,10,15,22H,2,6-9,11-12H2,1H3,(H,19,20);1H/t15-;/m1./s1. The van der Waals surface area contributed by atoms with E-state index in [-0.39, 0.29) is 35.5 Å². The highest BCUT2D eigenvalue weighted by Crippen LogP contribution is 2.48. The molecule has 1 aromatic carbocycles. The summed E-state index contributed by atoms with van der Waals surface area (Å²) in [6.07, 6.45) is 3.02. The van der Waals surface area contributed by atoms with E-state index in [0.29, 0.717) is 6.54 Å². The summed E-state index contributed by atoms with van der Waals surface area (Å²) in [5, 5.41) is 13.1. The Morgan fingerprint density at radius 1 is 1.48 bits per heavy atom. The molecule has 0 unspecified atom stereocenters. The van der Waals surface area contributed by atoms with E-state index < -0.39 is 0 Å². The molecule has 2 fully saturated rings. The van der Waals surface area contributed by atoms with Crippen molar-refractivity contribution in [3.8, 4) is 0 Å². The first kappa shape index (κ1) is 19.0. The van der Waals surface area contributed by atoms with Gasteiger partial charge in [0, 0.05) is 29.5 Å². The first-order chi connectivity index (χ1) is 10.6. The third kappa shape index (κ3) is 4.60. The predicted octanol–water partition coefficient (Wildman–Crippen LogP) is 3.13. The van der Waals surface area contributed by atoms with Gasteiger partial charge >= 0.3 is 0 Å². The van der Waals surface area contributed by atoms with Gasteiger partial charge in [-0.25, -0.2) is 0 Å². The Hall–Kier alpha value is -0.340. The molecule has 0 amide bonds. The van der Waals surface area contributed by atoms with Gasteiger partial charge in [-0.05, 0) is 43.9 Å². The van der Waals surface area contributed by atoms with E-state index in [0.717, 1.165) is 36.5 Å². The summed E-state index contributed by atoms with van der Waals surface area (Å²) >= 11 is 3.56. The summed E-state index contributed by atoms with van der Waals surface area (Å²) in [4.78, 5) is 7.05. The SMILES string of the molecule is CCNC(=NCC1(c2cccc(Br)c2)CC1)N1CC[C@@H](O)C1.I. The number of aliphatic hydroxyl groups excluding tert-OH is 1. The minimum absolute atomic E-state index is 0. The molecule has 1 saturated carbocycles. The Morgan fingerprint density at radius 3 is 2.83 bits per heavy atom. The van der Waals surface area contributed by atoms with Crippen LogP contribution in [0.15, 0.2) is 33.7 Å². The average Bonchev–Trinajstić information content (AvgIpc) is 3.18. The predicted molar refractivity (Wildman–Crippen MR) is 109 cm³/mol. The molecule has 3 rings (SSSR count). The zero-order valence-electron chi connectivity index (χ0n) is 13.5. The van der Waals surface area contributed by atoms with Crippen LogP contribution in [0.5, 0.6) is 0 Å². The molecule has 23 heavy (non-hydrogen) atoms. The topological polar surface area (TPSA) is 47.9 Å². The second kappa shape index (κ2) is 8.16. The molecule has 128 valence electrons. The van der Waals surface area contributed by atoms with Crippen LogP contribution in [0.2, 0.25) is 0 Å². The van der Waals surface area contributed by atoms with E-state index in [2.05, 4.69) is 57.3 Å². The first-order valence-electron chi connectivity index (χ1n) is 8.10. The second-order valence-electron chi connectivity index (χ2n) is 6.35. The van der Waals surface area contributed by atoms with Gasteiger partial charge in [-0.3, -0.25) is 4.99 Å². The quantitative estimate of drug-likeness (QED) is 0.385. The lowest BCUT2D eigenvalue weighted by Crippen LogP contribution is -2.41. The Kier molecular flexibility index (Phi) is 6.74. The largest absolute Gasteiger partial charge is 0.391 e. The van der Waals surface area contributed by atoms with Crippen LogP contribution in [-0.2, 0) is 5.41 Å². The van der Waals surface area contributed by atoms with Gasteiger partial charge in [-0.1, -0.05) is 28.1 Å². The molecule has 0 aromatic heterocycles. The van der Waals surface area contributed by atoms with Crippen molar-refractivity contribution in [2.45, 2.75) is 37.7 Å². The van der Waals surface area contributed by atoms with Crippen LogP contribution in [0, 0.1) is 0 Å². The number of aliphatic hydroxyl groups is 1. The van der Waals surface area contributed by atoms with Crippen LogP contribution in [0.4, 0.5) is 0 Å². The third-order valence-corrected chi connectivity index (χ3v) is 5.11. The maximum atomic E-state index is 9.74. The van der Waals surface area contributed by atoms with Crippen molar-refractivity contribution in [3.05, 3.63) is 34.3 Å². The molecule has 6 heteroatoms. The highest BCUT2D eigenvalue weighted by Gasteiger charge is 2.44. The number of rotatable bonds is 4. The van der Waals surface area contributed by atoms with Gasteiger partial charge in [0.25, 0.3) is 0 Å². The molecular weight excluding hydrogens is 469 g/mol. The first-order valence-corrected chi connectivity index (χ1v) is 8.90. The molecule has 1 aromatic rings. The third-order valence-electron chi connectivity index (χ3n) is 4.62. The molecule has 1 heterocycles. The lowest BCUT2D eigenvalue weighted by Gasteiger charge is -2.22. The molecule has 1 aliphatic carbocycles. The Balaban J connectivity index is 0.00000192. The van der Waals surface area contributed by atoms with Crippen molar-refractivity contribution in [3.63, 3.8) is 0 Å². The van der Waals surface area contributed by atoms with Gasteiger partial charge in [0.15, 0.2) is 5.96 Å². The smallest absolute Gasteiger partial charge is 0.194 e. The molecule has 1 saturated heterocycles. The lowest BCUT2D eigenvalue weighted by atomic mass is 9.96. The maximum Gasteiger partial charge on any atom is 0.194 e. The summed E-state index contributed by atoms with van der Waals surface area (Å²) in [5.74, 6) is 0.945. The molecule has 1 aliphatic heterocycles. The van der Waals surface area contributed by atoms with Gasteiger partial charge in [-0.15, -0.1) is 24.0 Å². The van der Waals surface area contributed by atoms with Crippen LogP contribution in [0.3, 0.4) is 0 Å². The van der Waals surface area contributed by atoms with Crippen LogP contribution in [0.25, 0.3) is 0 Å². The summed E-state index contributed by atoms with van der Waals surface area (Å²) in [5.41, 5.74) is 1.59. The molecule has 0 spiro atoms. The monoisotopic (exact) mass is 493 g/mol. The Bertz CT molecular complexity index is 563. The molecule has 4 nitrogen and oxygen atoms in total. The van der Waals surface area contributed by atoms with Crippen LogP contribution >= 0.6 is 39.9 Å². The molecule has 0 radical (unpaired) electrons. The van der Waals surface area contributed by atoms with E-state index >= 15 is 0 Å². The van der Waals surface area contributed by atoms with E-state index in [1.165, 1.54) is 18.4 Å². The lowest BCUT2D eigenvalue weighted by molar-refractivity contribution is 0.188. The summed E-state index contributed by atoms with van der Waals surface area (Å²) in [6, 6.07) is 8.60. The zero-order chi connectivity index (χ0) is 15.6. The number of likely N-dealkylation sites (tertiary alicyclic amines) is 1. The van der Waals surface area contributed by atoms with E-state index in [1.807, 2.05) is 0 Å². The molecule has 2 aliphatic rings. The van der Waals surface area contributed by atoms with E-state index in [1.54, 1.807) is 0 Å². The Morgan fingerprint density at radius 2 is 2.26 bits per heavy atom. The van der Waals surface area contributed by atoms with Crippen molar-refractivity contribution >= 4 is 45.9 Å². The fourth-order valence-corrected chi connectivity index (χ4v) is 3.49. The van der Waals surface area contributed by atoms with Crippen molar-refractivity contribution in [1.29, 1.82) is 0 Å². The number of benzene rings is 1. The molecule has 1 atom stereocenters. The second-order valence-corrected chi connectivity index (χ2v) is 7.27. The normalized spacial score (nSPS) is 22.7. The van der Waals surface area contributed by atoms with Crippen molar-refractivity contribution in [2.75, 3.05) is 26.2 Å². The highest BCUT2D eigenvalue weighted by molar-refractivity contribution is 14.0. The van der Waals surface area contributed by atoms with Gasteiger partial charge in [-0.2, -0.15) is 0 Å². The van der Waals surface area contributed by atoms with Gasteiger partial charge in [0.05, 0.1) is 12.6 Å². The Labute approximate surface area is 163 Å². The average molecular weight is 494 g/mol. The van der Waals surface area contributed by atoms with Gasteiger partial charge in [0.1, 0.15) is 0 Å². The van der Waals surface area contributed by atoms with Crippen molar-refractivity contribution in [1.82, 2.24) is 10.2 Å². The minimum Gasteiger partial charge on any atom is -0.391 e. The number of nitrogens with one attached hydrogen (secondary N) is 1. The zero-order valence-corrected chi connectivity index (χ0v) is 17.4. The van der Waals surface area contributed by atoms with Crippen LogP contribution in [0.1, 0.15) is 31.7 Å². The fraction of sp³-hybridized carbons (Fsp3) is 0.588. The van der Waals surface area contributed by atoms with Gasteiger partial charge in [0.2, 0.25) is 0 Å². The van der Waals surface area contributed by atoms with Gasteiger partial charge < -0.3 is 15.3 Å². The summed E-state index contributed by atoms with van der Waals surface area (Å²) < 4.78 is 1.13. The number of hydrogen-bond donors (Lipinski definition) is 2. The number of β-amino-alcohol motifs (C(OH)–C–C–N with tert-alkyl or cyclic N) is 1. The maximum absolute atomic E-state index is 9.74. The number of hydrogen-bond acceptors (Lipinski definition) is 2. The van der Waals surface area contributed by atoms with Crippen LogP contribution in [-0.4, -0.2) is 48.2 Å². The number of halogens is 2. The van der Waals surface area contributed by atoms with E-state index in [9.17, 15) is 5.11 Å². The summed E-state index contributed by atoms with van der Waals surface area (Å²) in [6.45, 7) is 5.34. The molecule has 2 N–H and O–H groups in total. The molecular formula is C17H25BrIN3O. The van der Waals surface area contributed by atoms with Crippen LogP contribution < -0.4 is 5.32 Å². The van der Waals surface area contributed by atoms with Crippen molar-refractivity contribution in [2.24, 2.45) is 4.99 Å². The van der Waals surface area contributed by atoms with Crippen molar-refractivity contribution < 1.29 is 5.11 Å².